The zero-order valence-corrected chi connectivity index (χ0v) is 16.9. The Kier molecular flexibility index (Phi) is 4.05. The topological polar surface area (TPSA) is 25.8 Å². The lowest BCUT2D eigenvalue weighted by atomic mass is 9.59. The molecule has 1 aliphatic rings. The molecule has 1 unspecified atom stereocenters. The molecule has 0 bridgehead atoms. The van der Waals surface area contributed by atoms with Gasteiger partial charge in [0, 0.05) is 9.93 Å². The Hall–Kier alpha value is -1.97. The van der Waals surface area contributed by atoms with Crippen LogP contribution in [0.3, 0.4) is 0 Å². The van der Waals surface area contributed by atoms with Gasteiger partial charge in [-0.2, -0.15) is 0 Å². The van der Waals surface area contributed by atoms with Crippen LogP contribution in [0.4, 0.5) is 0 Å². The third-order valence-corrected chi connectivity index (χ3v) is 7.20. The third kappa shape index (κ3) is 1.93. The van der Waals surface area contributed by atoms with Gasteiger partial charge in [-0.15, -0.1) is 0 Å². The largest absolute Gasteiger partial charge is 0.421 e. The van der Waals surface area contributed by atoms with Crippen molar-refractivity contribution in [2.75, 3.05) is 0 Å². The van der Waals surface area contributed by atoms with E-state index in [4.69, 9.17) is 5.21 Å². The Bertz CT molecular complexity index is 967. The fourth-order valence-electron chi connectivity index (χ4n) is 5.43. The molecule has 0 fully saturated rings. The number of benzene rings is 1. The van der Waals surface area contributed by atoms with Gasteiger partial charge in [-0.3, -0.25) is 0 Å². The highest BCUT2D eigenvalue weighted by atomic mass is 15.7. The van der Waals surface area contributed by atoms with Gasteiger partial charge in [-0.1, -0.05) is 52.3 Å². The molecule has 0 N–H and O–H groups in total. The minimum Gasteiger partial charge on any atom is -0.0652 e. The van der Waals surface area contributed by atoms with Crippen LogP contribution < -0.4 is 9.20 Å². The van der Waals surface area contributed by atoms with Crippen molar-refractivity contribution in [2.45, 2.75) is 84.2 Å². The number of aryl methyl sites for hydroxylation is 1. The highest BCUT2D eigenvalue weighted by molar-refractivity contribution is 5.95. The van der Waals surface area contributed by atoms with E-state index in [0.717, 1.165) is 32.2 Å². The van der Waals surface area contributed by atoms with E-state index < -0.39 is 0 Å². The summed E-state index contributed by atoms with van der Waals surface area (Å²) in [4.78, 5) is 2.17. The minimum absolute atomic E-state index is 0.0259. The van der Waals surface area contributed by atoms with Gasteiger partial charge < -0.3 is 0 Å². The standard InChI is InChI=1S/C22H32N4/c1-6-10-15-25-23-26-20-19-17(14-16-24(20)25)12-11-13-18(19)22(8-3,9-4)21(26,5)7-2/h11-14,16H,6-10,15H2,1-5H3/q+2. The Morgan fingerprint density at radius 1 is 1.04 bits per heavy atom. The van der Waals surface area contributed by atoms with E-state index in [9.17, 15) is 0 Å². The summed E-state index contributed by atoms with van der Waals surface area (Å²) >= 11 is 0. The molecule has 0 aliphatic carbocycles. The Balaban J connectivity index is 2.18. The molecule has 138 valence electrons. The summed E-state index contributed by atoms with van der Waals surface area (Å²) in [6, 6.07) is 9.11. The number of pyridine rings is 1. The summed E-state index contributed by atoms with van der Waals surface area (Å²) in [6.07, 6.45) is 7.86. The van der Waals surface area contributed by atoms with Crippen molar-refractivity contribution in [3.63, 3.8) is 0 Å². The van der Waals surface area contributed by atoms with Crippen molar-refractivity contribution in [1.29, 1.82) is 0 Å². The summed E-state index contributed by atoms with van der Waals surface area (Å²) in [5.41, 5.74) is 2.85. The van der Waals surface area contributed by atoms with Crippen LogP contribution in [-0.2, 0) is 17.5 Å². The van der Waals surface area contributed by atoms with Crippen LogP contribution in [0, 0.1) is 0 Å². The van der Waals surface area contributed by atoms with Crippen LogP contribution in [0.15, 0.2) is 30.5 Å². The molecule has 2 aromatic heterocycles. The molecular formula is C22H32N4+2. The lowest BCUT2D eigenvalue weighted by Gasteiger charge is -2.45. The number of aromatic nitrogens is 4. The Morgan fingerprint density at radius 2 is 1.81 bits per heavy atom. The summed E-state index contributed by atoms with van der Waals surface area (Å²) in [7, 11) is 0. The minimum atomic E-state index is -0.0259. The zero-order chi connectivity index (χ0) is 18.5. The maximum Gasteiger partial charge on any atom is 0.421 e. The number of hydrogen-bond acceptors (Lipinski definition) is 1. The predicted molar refractivity (Wildman–Crippen MR) is 104 cm³/mol. The van der Waals surface area contributed by atoms with Crippen molar-refractivity contribution >= 4 is 16.4 Å². The van der Waals surface area contributed by atoms with Gasteiger partial charge in [0.15, 0.2) is 18.3 Å². The quantitative estimate of drug-likeness (QED) is 0.614. The summed E-state index contributed by atoms with van der Waals surface area (Å²) < 4.78 is 4.65. The van der Waals surface area contributed by atoms with Crippen molar-refractivity contribution in [3.8, 4) is 0 Å². The maximum absolute atomic E-state index is 5.15. The van der Waals surface area contributed by atoms with Gasteiger partial charge in [0.05, 0.1) is 4.80 Å². The second kappa shape index (κ2) is 6.04. The van der Waals surface area contributed by atoms with Gasteiger partial charge in [0.25, 0.3) is 0 Å². The average Bonchev–Trinajstić information content (AvgIpc) is 3.06. The first kappa shape index (κ1) is 17.4. The average molecular weight is 353 g/mol. The number of nitrogens with zero attached hydrogens (tertiary/aromatic N) is 4. The highest BCUT2D eigenvalue weighted by Crippen LogP contribution is 2.50. The summed E-state index contributed by atoms with van der Waals surface area (Å²) in [6.45, 7) is 12.6. The fraction of sp³-hybridized carbons (Fsp3) is 0.591. The van der Waals surface area contributed by atoms with E-state index >= 15 is 0 Å². The molecule has 0 saturated heterocycles. The maximum atomic E-state index is 5.15. The lowest BCUT2D eigenvalue weighted by molar-refractivity contribution is -0.814. The van der Waals surface area contributed by atoms with Crippen LogP contribution in [0.2, 0.25) is 0 Å². The van der Waals surface area contributed by atoms with Crippen molar-refractivity contribution in [3.05, 3.63) is 36.0 Å². The first-order chi connectivity index (χ1) is 12.6. The number of hydrogen-bond donors (Lipinski definition) is 0. The molecule has 0 amide bonds. The van der Waals surface area contributed by atoms with Crippen molar-refractivity contribution in [2.24, 2.45) is 0 Å². The molecule has 0 spiro atoms. The highest BCUT2D eigenvalue weighted by Gasteiger charge is 2.59. The number of tetrazole rings is 1. The SMILES string of the molecule is CCCCn1n[n+]2c3c4c(cccc4cc[n+]31)C(CC)(CC)C2(C)CC. The first-order valence-electron chi connectivity index (χ1n) is 10.4. The van der Waals surface area contributed by atoms with Gasteiger partial charge in [0.2, 0.25) is 5.21 Å². The Labute approximate surface area is 156 Å². The molecule has 4 heteroatoms. The second-order valence-corrected chi connectivity index (χ2v) is 8.02. The molecule has 0 saturated carbocycles. The van der Waals surface area contributed by atoms with E-state index in [2.05, 4.69) is 79.1 Å². The zero-order valence-electron chi connectivity index (χ0n) is 16.9. The predicted octanol–water partition coefficient (Wildman–Crippen LogP) is 4.06. The van der Waals surface area contributed by atoms with E-state index in [1.54, 1.807) is 0 Å². The van der Waals surface area contributed by atoms with E-state index in [-0.39, 0.29) is 11.0 Å². The van der Waals surface area contributed by atoms with Crippen LogP contribution in [0.25, 0.3) is 16.4 Å². The smallest absolute Gasteiger partial charge is 0.0652 e. The number of rotatable bonds is 6. The van der Waals surface area contributed by atoms with Crippen LogP contribution in [0.5, 0.6) is 0 Å². The van der Waals surface area contributed by atoms with E-state index in [0.29, 0.717) is 0 Å². The van der Waals surface area contributed by atoms with E-state index in [1.165, 1.54) is 28.4 Å². The molecule has 1 aliphatic heterocycles. The van der Waals surface area contributed by atoms with Crippen LogP contribution >= 0.6 is 0 Å². The molecule has 1 atom stereocenters. The van der Waals surface area contributed by atoms with Crippen LogP contribution in [-0.4, -0.2) is 10.0 Å². The van der Waals surface area contributed by atoms with Gasteiger partial charge in [-0.25, -0.2) is 0 Å². The van der Waals surface area contributed by atoms with Gasteiger partial charge in [-0.05, 0) is 54.3 Å². The summed E-state index contributed by atoms with van der Waals surface area (Å²) in [5.74, 6) is 0. The Morgan fingerprint density at radius 3 is 2.46 bits per heavy atom. The molecule has 3 aromatic rings. The summed E-state index contributed by atoms with van der Waals surface area (Å²) in [5, 5.41) is 7.88. The fourth-order valence-corrected chi connectivity index (χ4v) is 5.43. The molecule has 0 radical (unpaired) electrons. The second-order valence-electron chi connectivity index (χ2n) is 8.02. The van der Waals surface area contributed by atoms with Gasteiger partial charge >= 0.3 is 5.65 Å². The number of unbranched alkanes of at least 4 members (excludes halogenated alkanes) is 1. The normalized spacial score (nSPS) is 21.1. The first-order valence-corrected chi connectivity index (χ1v) is 10.4. The lowest BCUT2D eigenvalue weighted by Crippen LogP contribution is -2.68. The van der Waals surface area contributed by atoms with Gasteiger partial charge in [0.1, 0.15) is 5.39 Å². The van der Waals surface area contributed by atoms with Crippen molar-refractivity contribution in [1.82, 2.24) is 10.0 Å². The third-order valence-electron chi connectivity index (χ3n) is 7.20. The molecule has 3 heterocycles. The molecule has 4 nitrogen and oxygen atoms in total. The molecule has 26 heavy (non-hydrogen) atoms. The van der Waals surface area contributed by atoms with Crippen LogP contribution in [0.1, 0.15) is 72.3 Å². The molecule has 1 aromatic carbocycles. The molecule has 4 rings (SSSR count). The molecular weight excluding hydrogens is 320 g/mol. The van der Waals surface area contributed by atoms with Crippen molar-refractivity contribution < 1.29 is 9.20 Å². The monoisotopic (exact) mass is 352 g/mol. The van der Waals surface area contributed by atoms with E-state index in [1.807, 2.05) is 0 Å².